The zero-order valence-corrected chi connectivity index (χ0v) is 16.4. The molecule has 0 unspecified atom stereocenters. The molecule has 0 aromatic carbocycles. The van der Waals surface area contributed by atoms with Crippen LogP contribution in [0.3, 0.4) is 0 Å². The average Bonchev–Trinajstić information content (AvgIpc) is 3.09. The minimum Gasteiger partial charge on any atom is -0.443 e. The molecule has 2 aromatic rings. The van der Waals surface area contributed by atoms with Gasteiger partial charge in [-0.1, -0.05) is 19.3 Å². The van der Waals surface area contributed by atoms with Crippen LogP contribution in [0.2, 0.25) is 0 Å². The van der Waals surface area contributed by atoms with Gasteiger partial charge in [0.25, 0.3) is 0 Å². The Kier molecular flexibility index (Phi) is 5.77. The third kappa shape index (κ3) is 4.49. The van der Waals surface area contributed by atoms with Crippen molar-refractivity contribution >= 4 is 40.4 Å². The summed E-state index contributed by atoms with van der Waals surface area (Å²) in [6, 6.07) is 4.15. The maximum atomic E-state index is 12.6. The number of hydrogen-bond donors (Lipinski definition) is 3. The second kappa shape index (κ2) is 7.72. The zero-order valence-electron chi connectivity index (χ0n) is 15.6. The molecule has 3 N–H and O–H groups in total. The Balaban J connectivity index is 1.83. The second-order valence-electron chi connectivity index (χ2n) is 7.94. The van der Waals surface area contributed by atoms with Crippen molar-refractivity contribution in [2.24, 2.45) is 0 Å². The molecular weight excluding hydrogens is 351 g/mol. The summed E-state index contributed by atoms with van der Waals surface area (Å²) in [5, 5.41) is 22.9. The van der Waals surface area contributed by atoms with Gasteiger partial charge in [0, 0.05) is 17.5 Å². The Morgan fingerprint density at radius 1 is 1.31 bits per heavy atom. The lowest BCUT2D eigenvalue weighted by molar-refractivity contribution is 0.0548. The molecule has 142 valence electrons. The summed E-state index contributed by atoms with van der Waals surface area (Å²) in [5.74, 6) is 0. The molecule has 2 heterocycles. The molecule has 0 aliphatic heterocycles. The van der Waals surface area contributed by atoms with Crippen LogP contribution < -0.4 is 10.9 Å². The van der Waals surface area contributed by atoms with Gasteiger partial charge >= 0.3 is 13.2 Å². The molecule has 0 bridgehead atoms. The summed E-state index contributed by atoms with van der Waals surface area (Å²) >= 11 is 1.56. The van der Waals surface area contributed by atoms with E-state index in [4.69, 9.17) is 4.74 Å². The Morgan fingerprint density at radius 3 is 2.62 bits per heavy atom. The van der Waals surface area contributed by atoms with Crippen LogP contribution in [0.1, 0.15) is 57.8 Å². The van der Waals surface area contributed by atoms with Gasteiger partial charge in [0.2, 0.25) is 0 Å². The number of nitrogens with zero attached hydrogens (tertiary/aromatic N) is 1. The van der Waals surface area contributed by atoms with Crippen molar-refractivity contribution in [3.05, 3.63) is 17.0 Å². The van der Waals surface area contributed by atoms with E-state index < -0.39 is 18.8 Å². The van der Waals surface area contributed by atoms with Crippen LogP contribution in [0, 0.1) is 0 Å². The summed E-state index contributed by atoms with van der Waals surface area (Å²) in [5.41, 5.74) is 0.132. The van der Waals surface area contributed by atoms with E-state index in [1.54, 1.807) is 38.2 Å². The summed E-state index contributed by atoms with van der Waals surface area (Å²) in [7, 11) is -1.73. The van der Waals surface area contributed by atoms with Crippen molar-refractivity contribution in [1.29, 1.82) is 0 Å². The maximum Gasteiger partial charge on any atom is 0.506 e. The van der Waals surface area contributed by atoms with Gasteiger partial charge in [-0.15, -0.1) is 11.3 Å². The average molecular weight is 378 g/mol. The molecule has 6 nitrogen and oxygen atoms in total. The number of ether oxygens (including phenoxy) is 1. The number of carbonyl (C=O) groups is 1. The van der Waals surface area contributed by atoms with E-state index in [2.05, 4.69) is 5.32 Å². The van der Waals surface area contributed by atoms with Gasteiger partial charge in [0.05, 0.1) is 15.8 Å². The third-order valence-electron chi connectivity index (χ3n) is 4.58. The van der Waals surface area contributed by atoms with E-state index >= 15 is 0 Å². The normalized spacial score (nSPS) is 16.2. The molecule has 0 saturated heterocycles. The zero-order chi connectivity index (χ0) is 18.9. The highest BCUT2D eigenvalue weighted by molar-refractivity contribution is 7.19. The largest absolute Gasteiger partial charge is 0.506 e. The Hall–Kier alpha value is -1.35. The van der Waals surface area contributed by atoms with Gasteiger partial charge in [0.15, 0.2) is 0 Å². The van der Waals surface area contributed by atoms with E-state index in [0.717, 1.165) is 16.1 Å². The van der Waals surface area contributed by atoms with Crippen molar-refractivity contribution in [3.8, 4) is 0 Å². The monoisotopic (exact) mass is 378 g/mol. The van der Waals surface area contributed by atoms with Gasteiger partial charge in [-0.05, 0) is 45.7 Å². The van der Waals surface area contributed by atoms with Crippen molar-refractivity contribution in [3.63, 3.8) is 0 Å². The van der Waals surface area contributed by atoms with Gasteiger partial charge < -0.3 is 20.1 Å². The van der Waals surface area contributed by atoms with Crippen LogP contribution in [0.5, 0.6) is 0 Å². The fraction of sp³-hybridized carbons (Fsp3) is 0.611. The molecular formula is C18H27BN2O4S. The number of fused-ring (bicyclic) bond motifs is 1. The molecule has 0 radical (unpaired) electrons. The standard InChI is InChI=1S/C18H27BN2O4S/c1-18(2,3)25-17(22)21-14-9-13(11-20-12-7-5-4-6-8-12)26-15(14)10-16(21)19(23)24/h9-10,12,20,23-24H,4-8,11H2,1-3H3. The van der Waals surface area contributed by atoms with Crippen molar-refractivity contribution in [1.82, 2.24) is 9.88 Å². The molecule has 1 aliphatic rings. The molecule has 3 rings (SSSR count). The first-order chi connectivity index (χ1) is 12.2. The Morgan fingerprint density at radius 2 is 2.00 bits per heavy atom. The lowest BCUT2D eigenvalue weighted by Gasteiger charge is -2.22. The van der Waals surface area contributed by atoms with Crippen LogP contribution in [0.4, 0.5) is 4.79 Å². The number of carbonyl (C=O) groups excluding carboxylic acids is 1. The topological polar surface area (TPSA) is 83.7 Å². The third-order valence-corrected chi connectivity index (χ3v) is 5.65. The fourth-order valence-electron chi connectivity index (χ4n) is 3.40. The lowest BCUT2D eigenvalue weighted by atomic mass is 9.86. The van der Waals surface area contributed by atoms with Gasteiger partial charge in [-0.25, -0.2) is 4.79 Å². The minimum absolute atomic E-state index is 0.132. The molecule has 0 atom stereocenters. The van der Waals surface area contributed by atoms with Crippen molar-refractivity contribution in [2.75, 3.05) is 0 Å². The number of thiophene rings is 1. The SMILES string of the molecule is CC(C)(C)OC(=O)n1c(B(O)O)cc2sc(CNC3CCCCC3)cc21. The smallest absolute Gasteiger partial charge is 0.443 e. The highest BCUT2D eigenvalue weighted by Gasteiger charge is 2.28. The van der Waals surface area contributed by atoms with Gasteiger partial charge in [-0.3, -0.25) is 4.57 Å². The highest BCUT2D eigenvalue weighted by atomic mass is 32.1. The van der Waals surface area contributed by atoms with E-state index in [9.17, 15) is 14.8 Å². The van der Waals surface area contributed by atoms with Crippen LogP contribution in [-0.2, 0) is 11.3 Å². The minimum atomic E-state index is -1.73. The molecule has 26 heavy (non-hydrogen) atoms. The Bertz CT molecular complexity index is 772. The van der Waals surface area contributed by atoms with Gasteiger partial charge in [0.1, 0.15) is 5.60 Å². The maximum absolute atomic E-state index is 12.6. The molecule has 1 saturated carbocycles. The van der Waals surface area contributed by atoms with Gasteiger partial charge in [-0.2, -0.15) is 0 Å². The van der Waals surface area contributed by atoms with Crippen molar-refractivity contribution < 1.29 is 19.6 Å². The van der Waals surface area contributed by atoms with Crippen LogP contribution >= 0.6 is 11.3 Å². The first-order valence-electron chi connectivity index (χ1n) is 9.21. The Labute approximate surface area is 158 Å². The molecule has 1 fully saturated rings. The fourth-order valence-corrected chi connectivity index (χ4v) is 4.45. The number of rotatable bonds is 4. The summed E-state index contributed by atoms with van der Waals surface area (Å²) in [6.45, 7) is 6.12. The molecule has 1 aliphatic carbocycles. The van der Waals surface area contributed by atoms with Crippen LogP contribution in [-0.4, -0.2) is 39.5 Å². The predicted molar refractivity (Wildman–Crippen MR) is 105 cm³/mol. The summed E-state index contributed by atoms with van der Waals surface area (Å²) < 4.78 is 7.55. The number of aromatic nitrogens is 1. The quantitative estimate of drug-likeness (QED) is 0.713. The van der Waals surface area contributed by atoms with E-state index in [1.807, 2.05) is 6.07 Å². The lowest BCUT2D eigenvalue weighted by Crippen LogP contribution is -2.41. The number of nitrogens with one attached hydrogen (secondary N) is 1. The predicted octanol–water partition coefficient (Wildman–Crippen LogP) is 2.59. The first-order valence-corrected chi connectivity index (χ1v) is 10.0. The second-order valence-corrected chi connectivity index (χ2v) is 9.10. The first kappa shape index (κ1) is 19.4. The highest BCUT2D eigenvalue weighted by Crippen LogP contribution is 2.27. The van der Waals surface area contributed by atoms with E-state index in [-0.39, 0.29) is 5.59 Å². The molecule has 0 amide bonds. The van der Waals surface area contributed by atoms with Crippen LogP contribution in [0.25, 0.3) is 10.2 Å². The van der Waals surface area contributed by atoms with Crippen molar-refractivity contribution in [2.45, 2.75) is 71.1 Å². The van der Waals surface area contributed by atoms with Crippen LogP contribution in [0.15, 0.2) is 12.1 Å². The summed E-state index contributed by atoms with van der Waals surface area (Å²) in [4.78, 5) is 13.7. The van der Waals surface area contributed by atoms with E-state index in [1.165, 1.54) is 36.7 Å². The molecule has 8 heteroatoms. The summed E-state index contributed by atoms with van der Waals surface area (Å²) in [6.07, 6.45) is 5.73. The number of hydrogen-bond acceptors (Lipinski definition) is 6. The van der Waals surface area contributed by atoms with E-state index in [0.29, 0.717) is 11.6 Å². The molecule has 0 spiro atoms. The molecule has 2 aromatic heterocycles.